The minimum absolute atomic E-state index is 0.273. The average Bonchev–Trinajstić information content (AvgIpc) is 3.09. The number of cyclic esters (lactones) is 1. The van der Waals surface area contributed by atoms with E-state index in [2.05, 4.69) is 85.2 Å². The zero-order valence-corrected chi connectivity index (χ0v) is 22.3. The van der Waals surface area contributed by atoms with Gasteiger partial charge in [0, 0.05) is 10.0 Å². The van der Waals surface area contributed by atoms with Crippen LogP contribution in [0.1, 0.15) is 22.3 Å². The van der Waals surface area contributed by atoms with Crippen LogP contribution in [0.15, 0.2) is 75.8 Å². The van der Waals surface area contributed by atoms with E-state index in [4.69, 9.17) is 9.47 Å². The second-order valence-electron chi connectivity index (χ2n) is 6.88. The Morgan fingerprint density at radius 1 is 1.06 bits per heavy atom. The summed E-state index contributed by atoms with van der Waals surface area (Å²) in [6.07, 6.45) is 1.74. The van der Waals surface area contributed by atoms with E-state index in [1.165, 1.54) is 5.56 Å². The van der Waals surface area contributed by atoms with Gasteiger partial charge in [-0.05, 0) is 105 Å². The number of carbonyl (C=O) groups excluding carboxylic acids is 1. The normalized spacial score (nSPS) is 14.5. The molecule has 4 nitrogen and oxygen atoms in total. The topological polar surface area (TPSA) is 47.9 Å². The fraction of sp³-hybridized carbons (Fsp3) is 0.0833. The zero-order chi connectivity index (χ0) is 22.0. The van der Waals surface area contributed by atoms with E-state index in [0.29, 0.717) is 12.5 Å². The number of hydrogen-bond donors (Lipinski definition) is 0. The number of esters is 1. The first-order chi connectivity index (χ1) is 14.9. The van der Waals surface area contributed by atoms with Crippen LogP contribution >= 0.6 is 61.1 Å². The molecule has 31 heavy (non-hydrogen) atoms. The minimum atomic E-state index is -0.458. The van der Waals surface area contributed by atoms with E-state index < -0.39 is 5.97 Å². The molecular formula is C24H16BrI2NO3. The van der Waals surface area contributed by atoms with Crippen molar-refractivity contribution < 1.29 is 14.3 Å². The van der Waals surface area contributed by atoms with E-state index in [1.54, 1.807) is 6.08 Å². The average molecular weight is 700 g/mol. The Balaban J connectivity index is 1.57. The van der Waals surface area contributed by atoms with Crippen molar-refractivity contribution in [3.8, 4) is 5.75 Å². The molecule has 0 spiro atoms. The first-order valence-corrected chi connectivity index (χ1v) is 12.3. The van der Waals surface area contributed by atoms with Crippen molar-refractivity contribution in [2.45, 2.75) is 13.5 Å². The molecule has 0 fully saturated rings. The number of aryl methyl sites for hydroxylation is 1. The number of aliphatic imine (C=N–C) groups is 1. The highest BCUT2D eigenvalue weighted by atomic mass is 127. The molecule has 0 aliphatic carbocycles. The van der Waals surface area contributed by atoms with Crippen LogP contribution in [0, 0.1) is 14.1 Å². The number of ether oxygens (including phenoxy) is 2. The second kappa shape index (κ2) is 9.83. The minimum Gasteiger partial charge on any atom is -0.487 e. The summed E-state index contributed by atoms with van der Waals surface area (Å²) in [6.45, 7) is 2.58. The maximum Gasteiger partial charge on any atom is 0.363 e. The van der Waals surface area contributed by atoms with Crippen molar-refractivity contribution in [3.05, 3.63) is 100 Å². The number of nitrogens with zero attached hydrogens (tertiary/aromatic N) is 1. The van der Waals surface area contributed by atoms with Crippen LogP contribution in [0.5, 0.6) is 5.75 Å². The molecule has 0 saturated carbocycles. The molecule has 0 aromatic heterocycles. The summed E-state index contributed by atoms with van der Waals surface area (Å²) in [6, 6.07) is 19.6. The molecule has 0 bridgehead atoms. The molecule has 0 radical (unpaired) electrons. The Bertz CT molecular complexity index is 1210. The summed E-state index contributed by atoms with van der Waals surface area (Å²) in [4.78, 5) is 16.7. The van der Waals surface area contributed by atoms with Gasteiger partial charge in [-0.1, -0.05) is 46.3 Å². The summed E-state index contributed by atoms with van der Waals surface area (Å²) in [7, 11) is 0. The lowest BCUT2D eigenvalue weighted by Gasteiger charge is -2.13. The molecule has 0 N–H and O–H groups in total. The molecule has 0 saturated heterocycles. The molecule has 7 heteroatoms. The number of benzene rings is 3. The number of rotatable bonds is 5. The fourth-order valence-electron chi connectivity index (χ4n) is 3.03. The van der Waals surface area contributed by atoms with Gasteiger partial charge in [-0.3, -0.25) is 0 Å². The summed E-state index contributed by atoms with van der Waals surface area (Å²) in [5.74, 6) is 0.680. The van der Waals surface area contributed by atoms with Gasteiger partial charge in [-0.25, -0.2) is 9.79 Å². The van der Waals surface area contributed by atoms with Crippen molar-refractivity contribution >= 4 is 79.1 Å². The third kappa shape index (κ3) is 5.38. The highest BCUT2D eigenvalue weighted by Crippen LogP contribution is 2.31. The molecule has 4 rings (SSSR count). The van der Waals surface area contributed by atoms with Gasteiger partial charge in [0.1, 0.15) is 12.4 Å². The highest BCUT2D eigenvalue weighted by molar-refractivity contribution is 14.1. The second-order valence-corrected chi connectivity index (χ2v) is 10.1. The molecule has 0 amide bonds. The van der Waals surface area contributed by atoms with Crippen molar-refractivity contribution in [3.63, 3.8) is 0 Å². The van der Waals surface area contributed by atoms with Gasteiger partial charge in [0.2, 0.25) is 5.90 Å². The van der Waals surface area contributed by atoms with Crippen molar-refractivity contribution in [2.75, 3.05) is 0 Å². The summed E-state index contributed by atoms with van der Waals surface area (Å²) < 4.78 is 14.3. The lowest BCUT2D eigenvalue weighted by Crippen LogP contribution is -2.05. The van der Waals surface area contributed by atoms with Gasteiger partial charge in [-0.2, -0.15) is 0 Å². The maximum atomic E-state index is 12.3. The van der Waals surface area contributed by atoms with E-state index in [9.17, 15) is 4.79 Å². The molecule has 0 unspecified atom stereocenters. The smallest absolute Gasteiger partial charge is 0.363 e. The third-order valence-corrected chi connectivity index (χ3v) is 6.75. The predicted octanol–water partition coefficient (Wildman–Crippen LogP) is 6.89. The monoisotopic (exact) mass is 699 g/mol. The molecule has 3 aromatic rings. The van der Waals surface area contributed by atoms with Gasteiger partial charge in [-0.15, -0.1) is 0 Å². The molecule has 3 aromatic carbocycles. The zero-order valence-electron chi connectivity index (χ0n) is 16.4. The van der Waals surface area contributed by atoms with Gasteiger partial charge < -0.3 is 9.47 Å². The molecule has 1 heterocycles. The fourth-order valence-corrected chi connectivity index (χ4v) is 5.56. The highest BCUT2D eigenvalue weighted by Gasteiger charge is 2.24. The van der Waals surface area contributed by atoms with Gasteiger partial charge >= 0.3 is 5.97 Å². The number of hydrogen-bond acceptors (Lipinski definition) is 4. The van der Waals surface area contributed by atoms with Crippen molar-refractivity contribution in [1.29, 1.82) is 0 Å². The Morgan fingerprint density at radius 2 is 1.81 bits per heavy atom. The summed E-state index contributed by atoms with van der Waals surface area (Å²) in [5.41, 5.74) is 4.24. The Hall–Kier alpha value is -1.72. The standard InChI is InChI=1S/C24H16BrI2NO3/c1-14-5-2-3-6-17(14)13-30-22-19(26)9-15(10-20(22)27)11-21-24(29)31-23(28-21)16-7-4-8-18(25)12-16/h2-12H,13H2,1H3/b21-11-. The van der Waals surface area contributed by atoms with Crippen LogP contribution in [-0.2, 0) is 16.1 Å². The first kappa shape index (κ1) is 22.5. The van der Waals surface area contributed by atoms with Crippen molar-refractivity contribution in [2.24, 2.45) is 4.99 Å². The largest absolute Gasteiger partial charge is 0.487 e. The van der Waals surface area contributed by atoms with Crippen LogP contribution < -0.4 is 4.74 Å². The van der Waals surface area contributed by atoms with Gasteiger partial charge in [0.05, 0.1) is 7.14 Å². The van der Waals surface area contributed by atoms with E-state index in [-0.39, 0.29) is 5.70 Å². The summed E-state index contributed by atoms with van der Waals surface area (Å²) >= 11 is 7.93. The Kier molecular flexibility index (Phi) is 7.12. The molecule has 1 aliphatic heterocycles. The number of carbonyl (C=O) groups is 1. The molecule has 1 aliphatic rings. The quantitative estimate of drug-likeness (QED) is 0.166. The third-order valence-electron chi connectivity index (χ3n) is 4.65. The predicted molar refractivity (Wildman–Crippen MR) is 142 cm³/mol. The van der Waals surface area contributed by atoms with E-state index in [0.717, 1.165) is 34.1 Å². The maximum absolute atomic E-state index is 12.3. The first-order valence-electron chi connectivity index (χ1n) is 9.35. The van der Waals surface area contributed by atoms with Gasteiger partial charge in [0.25, 0.3) is 0 Å². The molecular weight excluding hydrogens is 684 g/mol. The van der Waals surface area contributed by atoms with E-state index in [1.807, 2.05) is 48.5 Å². The Morgan fingerprint density at radius 3 is 2.52 bits per heavy atom. The van der Waals surface area contributed by atoms with Crippen LogP contribution in [0.4, 0.5) is 0 Å². The van der Waals surface area contributed by atoms with Gasteiger partial charge in [0.15, 0.2) is 5.70 Å². The van der Waals surface area contributed by atoms with Crippen LogP contribution in [0.3, 0.4) is 0 Å². The Labute approximate surface area is 216 Å². The van der Waals surface area contributed by atoms with Crippen LogP contribution in [0.2, 0.25) is 0 Å². The molecule has 0 atom stereocenters. The number of halogens is 3. The molecule has 156 valence electrons. The van der Waals surface area contributed by atoms with Crippen LogP contribution in [0.25, 0.3) is 6.08 Å². The van der Waals surface area contributed by atoms with Crippen LogP contribution in [-0.4, -0.2) is 11.9 Å². The van der Waals surface area contributed by atoms with E-state index >= 15 is 0 Å². The lowest BCUT2D eigenvalue weighted by molar-refractivity contribution is -0.129. The summed E-state index contributed by atoms with van der Waals surface area (Å²) in [5, 5.41) is 0. The lowest BCUT2D eigenvalue weighted by atomic mass is 10.1. The van der Waals surface area contributed by atoms with Crippen molar-refractivity contribution in [1.82, 2.24) is 0 Å². The SMILES string of the molecule is Cc1ccccc1COc1c(I)cc(/C=C2\N=C(c3cccc(Br)c3)OC2=O)cc1I.